The van der Waals surface area contributed by atoms with E-state index in [4.69, 9.17) is 0 Å². The number of carboxylic acids is 1. The van der Waals surface area contributed by atoms with E-state index in [1.54, 1.807) is 18.2 Å². The van der Waals surface area contributed by atoms with E-state index in [0.717, 1.165) is 17.9 Å². The molecule has 1 saturated carbocycles. The fourth-order valence-electron chi connectivity index (χ4n) is 5.09. The second-order valence-corrected chi connectivity index (χ2v) is 9.60. The van der Waals surface area contributed by atoms with Crippen LogP contribution in [0.2, 0.25) is 0 Å². The van der Waals surface area contributed by atoms with Crippen LogP contribution >= 0.6 is 0 Å². The molecule has 1 fully saturated rings. The predicted octanol–water partition coefficient (Wildman–Crippen LogP) is 9.41. The van der Waals surface area contributed by atoms with Gasteiger partial charge in [-0.25, -0.2) is 9.18 Å². The first kappa shape index (κ1) is 25.2. The number of carboxylic acid groups (broad SMARTS) is 1. The van der Waals surface area contributed by atoms with Crippen molar-refractivity contribution >= 4 is 11.8 Å². The van der Waals surface area contributed by atoms with Crippen LogP contribution < -0.4 is 0 Å². The van der Waals surface area contributed by atoms with Crippen molar-refractivity contribution in [3.63, 3.8) is 0 Å². The Morgan fingerprint density at radius 1 is 0.970 bits per heavy atom. The van der Waals surface area contributed by atoms with Crippen LogP contribution in [-0.4, -0.2) is 11.1 Å². The first-order chi connectivity index (χ1) is 16.0. The van der Waals surface area contributed by atoms with Gasteiger partial charge < -0.3 is 5.11 Å². The first-order valence-corrected chi connectivity index (χ1v) is 12.9. The summed E-state index contributed by atoms with van der Waals surface area (Å²) in [6.45, 7) is 4.27. The van der Waals surface area contributed by atoms with E-state index in [-0.39, 0.29) is 11.4 Å². The van der Waals surface area contributed by atoms with Gasteiger partial charge in [0.25, 0.3) is 0 Å². The van der Waals surface area contributed by atoms with Crippen LogP contribution in [0.25, 0.3) is 17.0 Å². The Bertz CT molecular complexity index is 921. The average Bonchev–Trinajstić information content (AvgIpc) is 2.85. The van der Waals surface area contributed by atoms with E-state index in [1.807, 2.05) is 19.1 Å². The molecule has 0 atom stereocenters. The Labute approximate surface area is 198 Å². The molecule has 33 heavy (non-hydrogen) atoms. The van der Waals surface area contributed by atoms with E-state index < -0.39 is 5.97 Å². The standard InChI is InChI=1S/C30H39FO2/c1-3-5-7-8-9-22-11-13-23(14-12-22)24-15-17-25(18-16-24)28-21-26(29(31)10-6-4-2)19-20-27(28)30(32)33/h10,15-23H,3-9,11-14H2,1-2H3,(H,32,33). The van der Waals surface area contributed by atoms with Crippen LogP contribution in [0.4, 0.5) is 4.39 Å². The third-order valence-electron chi connectivity index (χ3n) is 7.14. The van der Waals surface area contributed by atoms with E-state index in [2.05, 4.69) is 19.1 Å². The molecular formula is C30H39FO2. The minimum atomic E-state index is -0.990. The lowest BCUT2D eigenvalue weighted by atomic mass is 9.77. The first-order valence-electron chi connectivity index (χ1n) is 12.9. The van der Waals surface area contributed by atoms with Gasteiger partial charge in [0, 0.05) is 5.56 Å². The maximum atomic E-state index is 14.5. The van der Waals surface area contributed by atoms with E-state index in [1.165, 1.54) is 69.4 Å². The number of carbonyl (C=O) groups is 1. The molecule has 0 bridgehead atoms. The number of unbranched alkanes of at least 4 members (excludes halogenated alkanes) is 4. The molecule has 2 aromatic carbocycles. The highest BCUT2D eigenvalue weighted by molar-refractivity contribution is 5.96. The summed E-state index contributed by atoms with van der Waals surface area (Å²) in [5.74, 6) is 0.188. The maximum Gasteiger partial charge on any atom is 0.336 e. The molecule has 0 amide bonds. The highest BCUT2D eigenvalue weighted by Crippen LogP contribution is 2.38. The van der Waals surface area contributed by atoms with Crippen LogP contribution in [-0.2, 0) is 0 Å². The number of benzene rings is 2. The number of aromatic carboxylic acids is 1. The third-order valence-corrected chi connectivity index (χ3v) is 7.14. The molecule has 1 aliphatic carbocycles. The summed E-state index contributed by atoms with van der Waals surface area (Å²) in [5, 5.41) is 9.66. The Balaban J connectivity index is 1.70. The van der Waals surface area contributed by atoms with Crippen molar-refractivity contribution in [1.82, 2.24) is 0 Å². The zero-order chi connectivity index (χ0) is 23.6. The molecule has 3 heteroatoms. The lowest BCUT2D eigenvalue weighted by molar-refractivity contribution is 0.0697. The van der Waals surface area contributed by atoms with Gasteiger partial charge in [-0.2, -0.15) is 0 Å². The van der Waals surface area contributed by atoms with Gasteiger partial charge in [-0.3, -0.25) is 0 Å². The Morgan fingerprint density at radius 3 is 2.33 bits per heavy atom. The van der Waals surface area contributed by atoms with Gasteiger partial charge in [0.15, 0.2) is 0 Å². The van der Waals surface area contributed by atoms with Gasteiger partial charge in [-0.15, -0.1) is 0 Å². The van der Waals surface area contributed by atoms with Crippen molar-refractivity contribution in [2.24, 2.45) is 5.92 Å². The van der Waals surface area contributed by atoms with Crippen LogP contribution in [0, 0.1) is 5.92 Å². The molecule has 0 aromatic heterocycles. The molecule has 0 heterocycles. The molecule has 0 spiro atoms. The van der Waals surface area contributed by atoms with Crippen molar-refractivity contribution in [3.8, 4) is 11.1 Å². The normalized spacial score (nSPS) is 18.9. The number of halogens is 1. The fourth-order valence-corrected chi connectivity index (χ4v) is 5.09. The highest BCUT2D eigenvalue weighted by atomic mass is 19.1. The topological polar surface area (TPSA) is 37.3 Å². The lowest BCUT2D eigenvalue weighted by Crippen LogP contribution is -2.13. The molecule has 0 aliphatic heterocycles. The lowest BCUT2D eigenvalue weighted by Gasteiger charge is -2.29. The molecular weight excluding hydrogens is 411 g/mol. The number of allylic oxidation sites excluding steroid dienone is 1. The molecule has 2 nitrogen and oxygen atoms in total. The van der Waals surface area contributed by atoms with Crippen molar-refractivity contribution in [2.75, 3.05) is 0 Å². The quantitative estimate of drug-likeness (QED) is 0.346. The van der Waals surface area contributed by atoms with Crippen LogP contribution in [0.1, 0.15) is 112 Å². The molecule has 0 radical (unpaired) electrons. The number of rotatable bonds is 11. The van der Waals surface area contributed by atoms with E-state index >= 15 is 0 Å². The SMILES string of the molecule is CCCC=C(F)c1ccc(C(=O)O)c(-c2ccc(C3CCC(CCCCCC)CC3)cc2)c1. The summed E-state index contributed by atoms with van der Waals surface area (Å²) in [4.78, 5) is 11.8. The largest absolute Gasteiger partial charge is 0.478 e. The maximum absolute atomic E-state index is 14.5. The molecule has 2 aromatic rings. The smallest absolute Gasteiger partial charge is 0.336 e. The summed E-state index contributed by atoms with van der Waals surface area (Å²) >= 11 is 0. The Kier molecular flexibility index (Phi) is 9.72. The summed E-state index contributed by atoms with van der Waals surface area (Å²) in [7, 11) is 0. The van der Waals surface area contributed by atoms with Crippen LogP contribution in [0.3, 0.4) is 0 Å². The number of hydrogen-bond donors (Lipinski definition) is 1. The van der Waals surface area contributed by atoms with E-state index in [9.17, 15) is 14.3 Å². The Hall–Kier alpha value is -2.42. The van der Waals surface area contributed by atoms with Gasteiger partial charge in [0.2, 0.25) is 0 Å². The Morgan fingerprint density at radius 2 is 1.70 bits per heavy atom. The van der Waals surface area contributed by atoms with Crippen molar-refractivity contribution < 1.29 is 14.3 Å². The van der Waals surface area contributed by atoms with Gasteiger partial charge in [-0.1, -0.05) is 82.7 Å². The molecule has 1 aliphatic rings. The van der Waals surface area contributed by atoms with Gasteiger partial charge >= 0.3 is 5.97 Å². The minimum absolute atomic E-state index is 0.207. The van der Waals surface area contributed by atoms with Crippen LogP contribution in [0.5, 0.6) is 0 Å². The third kappa shape index (κ3) is 7.03. The van der Waals surface area contributed by atoms with Gasteiger partial charge in [0.1, 0.15) is 5.83 Å². The van der Waals surface area contributed by atoms with Gasteiger partial charge in [-0.05, 0) is 78.8 Å². The molecule has 0 unspecified atom stereocenters. The predicted molar refractivity (Wildman–Crippen MR) is 136 cm³/mol. The van der Waals surface area contributed by atoms with Gasteiger partial charge in [0.05, 0.1) is 5.56 Å². The summed E-state index contributed by atoms with van der Waals surface area (Å²) in [6.07, 6.45) is 15.0. The van der Waals surface area contributed by atoms with Crippen molar-refractivity contribution in [1.29, 1.82) is 0 Å². The fraction of sp³-hybridized carbons (Fsp3) is 0.500. The monoisotopic (exact) mass is 450 g/mol. The summed E-state index contributed by atoms with van der Waals surface area (Å²) < 4.78 is 14.5. The van der Waals surface area contributed by atoms with E-state index in [0.29, 0.717) is 23.5 Å². The molecule has 178 valence electrons. The minimum Gasteiger partial charge on any atom is -0.478 e. The molecule has 1 N–H and O–H groups in total. The zero-order valence-electron chi connectivity index (χ0n) is 20.3. The number of hydrogen-bond acceptors (Lipinski definition) is 1. The average molecular weight is 451 g/mol. The van der Waals surface area contributed by atoms with Crippen LogP contribution in [0.15, 0.2) is 48.5 Å². The second kappa shape index (κ2) is 12.7. The highest BCUT2D eigenvalue weighted by Gasteiger charge is 2.22. The zero-order valence-corrected chi connectivity index (χ0v) is 20.3. The van der Waals surface area contributed by atoms with Crippen molar-refractivity contribution in [3.05, 3.63) is 65.2 Å². The molecule has 0 saturated heterocycles. The molecule has 3 rings (SSSR count). The second-order valence-electron chi connectivity index (χ2n) is 9.60. The summed E-state index contributed by atoms with van der Waals surface area (Å²) in [5.41, 5.74) is 3.38. The van der Waals surface area contributed by atoms with Crippen molar-refractivity contribution in [2.45, 2.75) is 90.4 Å². The summed E-state index contributed by atoms with van der Waals surface area (Å²) in [6, 6.07) is 13.0.